The Kier molecular flexibility index (Phi) is 4.45. The van der Waals surface area contributed by atoms with E-state index in [0.717, 1.165) is 19.3 Å². The number of primary amides is 1. The van der Waals surface area contributed by atoms with Gasteiger partial charge in [0, 0.05) is 10.5 Å². The lowest BCUT2D eigenvalue weighted by molar-refractivity contribution is 0.0997. The maximum atomic E-state index is 13.8. The molecule has 0 aromatic heterocycles. The number of hydrogen-bond acceptors (Lipinski definition) is 2. The molecule has 3 N–H and O–H groups in total. The van der Waals surface area contributed by atoms with Gasteiger partial charge in [-0.1, -0.05) is 35.7 Å². The zero-order chi connectivity index (χ0) is 14.0. The van der Waals surface area contributed by atoms with Crippen molar-refractivity contribution in [3.05, 3.63) is 28.0 Å². The Balaban J connectivity index is 2.30. The van der Waals surface area contributed by atoms with Gasteiger partial charge in [-0.3, -0.25) is 4.79 Å². The molecule has 1 aromatic carbocycles. The van der Waals surface area contributed by atoms with Crippen molar-refractivity contribution in [2.24, 2.45) is 11.7 Å². The van der Waals surface area contributed by atoms with Crippen LogP contribution in [0.15, 0.2) is 16.6 Å². The summed E-state index contributed by atoms with van der Waals surface area (Å²) in [6, 6.07) is 3.24. The zero-order valence-electron chi connectivity index (χ0n) is 10.9. The first-order chi connectivity index (χ1) is 8.99. The van der Waals surface area contributed by atoms with Crippen LogP contribution in [0.1, 0.15) is 43.0 Å². The maximum absolute atomic E-state index is 13.8. The Morgan fingerprint density at radius 3 is 2.74 bits per heavy atom. The maximum Gasteiger partial charge on any atom is 0.253 e. The second-order valence-corrected chi connectivity index (χ2v) is 6.10. The van der Waals surface area contributed by atoms with Crippen LogP contribution in [0.25, 0.3) is 0 Å². The molecule has 1 aromatic rings. The van der Waals surface area contributed by atoms with Crippen molar-refractivity contribution in [3.8, 4) is 0 Å². The summed E-state index contributed by atoms with van der Waals surface area (Å²) >= 11 is 3.24. The average molecular weight is 329 g/mol. The zero-order valence-corrected chi connectivity index (χ0v) is 12.5. The van der Waals surface area contributed by atoms with Crippen molar-refractivity contribution in [1.82, 2.24) is 0 Å². The molecule has 1 fully saturated rings. The fourth-order valence-electron chi connectivity index (χ4n) is 2.67. The first kappa shape index (κ1) is 14.3. The molecule has 0 radical (unpaired) electrons. The molecule has 2 rings (SSSR count). The number of carbonyl (C=O) groups excluding carboxylic acids is 1. The Labute approximate surface area is 120 Å². The molecule has 1 amide bonds. The summed E-state index contributed by atoms with van der Waals surface area (Å²) in [5, 5.41) is 3.29. The summed E-state index contributed by atoms with van der Waals surface area (Å²) in [7, 11) is 0. The minimum atomic E-state index is -0.740. The first-order valence-corrected chi connectivity index (χ1v) is 7.33. The number of nitrogens with one attached hydrogen (secondary N) is 1. The van der Waals surface area contributed by atoms with Crippen molar-refractivity contribution in [3.63, 3.8) is 0 Å². The van der Waals surface area contributed by atoms with Crippen LogP contribution in [0.5, 0.6) is 0 Å². The fourth-order valence-corrected chi connectivity index (χ4v) is 3.10. The highest BCUT2D eigenvalue weighted by molar-refractivity contribution is 9.10. The topological polar surface area (TPSA) is 55.1 Å². The molecular formula is C14H18BrFN2O. The van der Waals surface area contributed by atoms with Crippen LogP contribution < -0.4 is 11.1 Å². The molecule has 3 nitrogen and oxygen atoms in total. The van der Waals surface area contributed by atoms with Gasteiger partial charge in [-0.05, 0) is 30.9 Å². The number of benzene rings is 1. The van der Waals surface area contributed by atoms with E-state index in [4.69, 9.17) is 5.73 Å². The molecule has 0 heterocycles. The average Bonchev–Trinajstić information content (AvgIpc) is 2.30. The smallest absolute Gasteiger partial charge is 0.253 e. The second kappa shape index (κ2) is 5.90. The summed E-state index contributed by atoms with van der Waals surface area (Å²) in [5.74, 6) is -0.819. The molecule has 2 atom stereocenters. The van der Waals surface area contributed by atoms with E-state index in [2.05, 4.69) is 28.2 Å². The van der Waals surface area contributed by atoms with Crippen LogP contribution >= 0.6 is 15.9 Å². The molecule has 1 aliphatic carbocycles. The number of rotatable bonds is 3. The van der Waals surface area contributed by atoms with Gasteiger partial charge in [0.2, 0.25) is 0 Å². The largest absolute Gasteiger partial charge is 0.381 e. The van der Waals surface area contributed by atoms with E-state index < -0.39 is 11.7 Å². The van der Waals surface area contributed by atoms with Gasteiger partial charge in [-0.2, -0.15) is 0 Å². The lowest BCUT2D eigenvalue weighted by Crippen LogP contribution is -2.31. The monoisotopic (exact) mass is 328 g/mol. The van der Waals surface area contributed by atoms with Crippen molar-refractivity contribution in [2.75, 3.05) is 5.32 Å². The van der Waals surface area contributed by atoms with Gasteiger partial charge in [0.25, 0.3) is 5.91 Å². The number of amides is 1. The lowest BCUT2D eigenvalue weighted by Gasteiger charge is -2.31. The predicted molar refractivity (Wildman–Crippen MR) is 77.7 cm³/mol. The minimum absolute atomic E-state index is 0.0547. The van der Waals surface area contributed by atoms with Crippen molar-refractivity contribution < 1.29 is 9.18 Å². The third-order valence-electron chi connectivity index (χ3n) is 3.75. The standard InChI is InChI=1S/C14H18BrFN2O/c1-8-4-2-3-5-11(8)18-12-7-9(15)6-10(16)13(12)14(17)19/h6-8,11,18H,2-5H2,1H3,(H2,17,19). The summed E-state index contributed by atoms with van der Waals surface area (Å²) < 4.78 is 14.4. The molecule has 104 valence electrons. The van der Waals surface area contributed by atoms with Gasteiger partial charge in [0.1, 0.15) is 5.82 Å². The van der Waals surface area contributed by atoms with Crippen molar-refractivity contribution in [1.29, 1.82) is 0 Å². The third-order valence-corrected chi connectivity index (χ3v) is 4.21. The first-order valence-electron chi connectivity index (χ1n) is 6.54. The minimum Gasteiger partial charge on any atom is -0.381 e. The van der Waals surface area contributed by atoms with Crippen LogP contribution in [0.2, 0.25) is 0 Å². The normalized spacial score (nSPS) is 23.1. The predicted octanol–water partition coefficient (Wildman–Crippen LogP) is 3.68. The third kappa shape index (κ3) is 3.26. The van der Waals surface area contributed by atoms with Crippen molar-refractivity contribution >= 4 is 27.5 Å². The van der Waals surface area contributed by atoms with Gasteiger partial charge in [0.05, 0.1) is 11.3 Å². The summed E-state index contributed by atoms with van der Waals surface area (Å²) in [4.78, 5) is 11.4. The Morgan fingerprint density at radius 1 is 1.42 bits per heavy atom. The highest BCUT2D eigenvalue weighted by Gasteiger charge is 2.24. The van der Waals surface area contributed by atoms with Crippen LogP contribution in [0.3, 0.4) is 0 Å². The Hall–Kier alpha value is -1.10. The highest BCUT2D eigenvalue weighted by atomic mass is 79.9. The molecule has 1 saturated carbocycles. The molecule has 19 heavy (non-hydrogen) atoms. The molecular weight excluding hydrogens is 311 g/mol. The van der Waals surface area contributed by atoms with Crippen LogP contribution in [-0.4, -0.2) is 11.9 Å². The number of nitrogens with two attached hydrogens (primary N) is 1. The van der Waals surface area contributed by atoms with Gasteiger partial charge in [0.15, 0.2) is 0 Å². The van der Waals surface area contributed by atoms with Crippen LogP contribution in [-0.2, 0) is 0 Å². The van der Waals surface area contributed by atoms with Crippen LogP contribution in [0.4, 0.5) is 10.1 Å². The summed E-state index contributed by atoms with van der Waals surface area (Å²) in [6.07, 6.45) is 4.58. The highest BCUT2D eigenvalue weighted by Crippen LogP contribution is 2.30. The Bertz CT molecular complexity index is 493. The molecule has 0 aliphatic heterocycles. The van der Waals surface area contributed by atoms with E-state index in [9.17, 15) is 9.18 Å². The molecule has 0 bridgehead atoms. The van der Waals surface area contributed by atoms with Gasteiger partial charge in [-0.15, -0.1) is 0 Å². The molecule has 0 saturated heterocycles. The van der Waals surface area contributed by atoms with E-state index in [0.29, 0.717) is 16.1 Å². The number of anilines is 1. The van der Waals surface area contributed by atoms with Crippen LogP contribution in [0, 0.1) is 11.7 Å². The summed E-state index contributed by atoms with van der Waals surface area (Å²) in [5.41, 5.74) is 5.70. The Morgan fingerprint density at radius 2 is 2.11 bits per heavy atom. The number of hydrogen-bond donors (Lipinski definition) is 2. The number of carbonyl (C=O) groups is 1. The van der Waals surface area contributed by atoms with E-state index >= 15 is 0 Å². The lowest BCUT2D eigenvalue weighted by atomic mass is 9.85. The second-order valence-electron chi connectivity index (χ2n) is 5.19. The SMILES string of the molecule is CC1CCCCC1Nc1cc(Br)cc(F)c1C(N)=O. The summed E-state index contributed by atoms with van der Waals surface area (Å²) in [6.45, 7) is 2.18. The molecule has 5 heteroatoms. The molecule has 0 spiro atoms. The van der Waals surface area contributed by atoms with E-state index in [1.54, 1.807) is 6.07 Å². The van der Waals surface area contributed by atoms with Gasteiger partial charge < -0.3 is 11.1 Å². The van der Waals surface area contributed by atoms with Crippen molar-refractivity contribution in [2.45, 2.75) is 38.6 Å². The van der Waals surface area contributed by atoms with E-state index in [-0.39, 0.29) is 11.6 Å². The number of halogens is 2. The quantitative estimate of drug-likeness (QED) is 0.889. The molecule has 2 unspecified atom stereocenters. The van der Waals surface area contributed by atoms with E-state index in [1.807, 2.05) is 0 Å². The van der Waals surface area contributed by atoms with Gasteiger partial charge >= 0.3 is 0 Å². The van der Waals surface area contributed by atoms with E-state index in [1.165, 1.54) is 12.5 Å². The fraction of sp³-hybridized carbons (Fsp3) is 0.500. The van der Waals surface area contributed by atoms with Gasteiger partial charge in [-0.25, -0.2) is 4.39 Å². The molecule has 1 aliphatic rings.